The van der Waals surface area contributed by atoms with Crippen LogP contribution in [0.5, 0.6) is 11.5 Å². The van der Waals surface area contributed by atoms with E-state index in [1.54, 1.807) is 43.5 Å². The van der Waals surface area contributed by atoms with Gasteiger partial charge in [-0.2, -0.15) is 5.01 Å². The molecule has 184 valence electrons. The Kier molecular flexibility index (Phi) is 8.35. The Morgan fingerprint density at radius 1 is 1.17 bits per heavy atom. The molecule has 0 bridgehead atoms. The van der Waals surface area contributed by atoms with Crippen LogP contribution < -0.4 is 14.9 Å². The summed E-state index contributed by atoms with van der Waals surface area (Å²) in [4.78, 5) is 25.9. The van der Waals surface area contributed by atoms with Crippen LogP contribution in [0.25, 0.3) is 6.08 Å². The zero-order chi connectivity index (χ0) is 25.8. The number of nitrogens with zero attached hydrogens (tertiary/aromatic N) is 1. The summed E-state index contributed by atoms with van der Waals surface area (Å²) >= 11 is 15.9. The number of carbonyl (C=O) groups excluding carboxylic acids is 2. The molecule has 1 heterocycles. The molecular formula is C26H20BrClN2O4S2. The summed E-state index contributed by atoms with van der Waals surface area (Å²) in [7, 11) is 1.54. The summed E-state index contributed by atoms with van der Waals surface area (Å²) < 4.78 is 12.4. The third-order valence-corrected chi connectivity index (χ3v) is 7.31. The predicted octanol–water partition coefficient (Wildman–Crippen LogP) is 6.54. The SMILES string of the molecule is COc1cc(/C=C2\SC(=S)N(NC(=O)c3ccc(C)cc3)C2=O)cc(Br)c1OCc1ccc(Cl)cc1. The Balaban J connectivity index is 1.50. The Morgan fingerprint density at radius 3 is 2.53 bits per heavy atom. The fraction of sp³-hybridized carbons (Fsp3) is 0.115. The van der Waals surface area contributed by atoms with E-state index in [0.717, 1.165) is 27.9 Å². The molecule has 4 rings (SSSR count). The van der Waals surface area contributed by atoms with Crippen LogP contribution >= 0.6 is 51.5 Å². The van der Waals surface area contributed by atoms with Gasteiger partial charge < -0.3 is 9.47 Å². The summed E-state index contributed by atoms with van der Waals surface area (Å²) in [5.74, 6) is 0.193. The van der Waals surface area contributed by atoms with Gasteiger partial charge >= 0.3 is 0 Å². The lowest BCUT2D eigenvalue weighted by molar-refractivity contribution is -0.123. The molecule has 0 aliphatic carbocycles. The van der Waals surface area contributed by atoms with E-state index in [-0.39, 0.29) is 4.32 Å². The van der Waals surface area contributed by atoms with E-state index >= 15 is 0 Å². The van der Waals surface area contributed by atoms with Gasteiger partial charge in [0, 0.05) is 10.6 Å². The molecule has 0 saturated carbocycles. The lowest BCUT2D eigenvalue weighted by atomic mass is 10.1. The Hall–Kier alpha value is -2.85. The van der Waals surface area contributed by atoms with Crippen LogP contribution in [-0.2, 0) is 11.4 Å². The zero-order valence-electron chi connectivity index (χ0n) is 19.2. The number of methoxy groups -OCH3 is 1. The van der Waals surface area contributed by atoms with E-state index in [2.05, 4.69) is 21.4 Å². The summed E-state index contributed by atoms with van der Waals surface area (Å²) in [6, 6.07) is 18.0. The quantitative estimate of drug-likeness (QED) is 0.244. The molecule has 1 N–H and O–H groups in total. The van der Waals surface area contributed by atoms with Gasteiger partial charge in [0.25, 0.3) is 11.8 Å². The molecule has 3 aromatic carbocycles. The molecule has 10 heteroatoms. The van der Waals surface area contributed by atoms with Crippen molar-refractivity contribution in [2.24, 2.45) is 0 Å². The van der Waals surface area contributed by atoms with Crippen molar-refractivity contribution in [3.63, 3.8) is 0 Å². The summed E-state index contributed by atoms with van der Waals surface area (Å²) in [5, 5.41) is 1.74. The number of hydrogen-bond acceptors (Lipinski definition) is 6. The second-order valence-corrected chi connectivity index (χ2v) is 10.7. The number of halogens is 2. The summed E-state index contributed by atoms with van der Waals surface area (Å²) in [6.07, 6.45) is 1.69. The van der Waals surface area contributed by atoms with Gasteiger partial charge in [0.1, 0.15) is 6.61 Å². The lowest BCUT2D eigenvalue weighted by Crippen LogP contribution is -2.44. The molecule has 6 nitrogen and oxygen atoms in total. The predicted molar refractivity (Wildman–Crippen MR) is 150 cm³/mol. The smallest absolute Gasteiger partial charge is 0.285 e. The average Bonchev–Trinajstić information content (AvgIpc) is 3.11. The number of thioether (sulfide) groups is 1. The van der Waals surface area contributed by atoms with Crippen molar-refractivity contribution in [3.05, 3.63) is 97.3 Å². The van der Waals surface area contributed by atoms with E-state index in [9.17, 15) is 9.59 Å². The van der Waals surface area contributed by atoms with Crippen LogP contribution in [0.4, 0.5) is 0 Å². The molecular weight excluding hydrogens is 584 g/mol. The molecule has 1 saturated heterocycles. The Bertz CT molecular complexity index is 1360. The van der Waals surface area contributed by atoms with Crippen molar-refractivity contribution in [2.45, 2.75) is 13.5 Å². The van der Waals surface area contributed by atoms with Crippen molar-refractivity contribution in [2.75, 3.05) is 7.11 Å². The van der Waals surface area contributed by atoms with Crippen LogP contribution in [-0.4, -0.2) is 28.3 Å². The molecule has 0 atom stereocenters. The van der Waals surface area contributed by atoms with Crippen LogP contribution in [0, 0.1) is 6.92 Å². The second-order valence-electron chi connectivity index (χ2n) is 7.77. The zero-order valence-corrected chi connectivity index (χ0v) is 23.2. The highest BCUT2D eigenvalue weighted by atomic mass is 79.9. The number of aryl methyl sites for hydroxylation is 1. The van der Waals surface area contributed by atoms with E-state index in [1.807, 2.05) is 37.3 Å². The van der Waals surface area contributed by atoms with Crippen LogP contribution in [0.2, 0.25) is 5.02 Å². The molecule has 2 amide bonds. The monoisotopic (exact) mass is 602 g/mol. The molecule has 36 heavy (non-hydrogen) atoms. The average molecular weight is 604 g/mol. The first-order chi connectivity index (χ1) is 17.2. The van der Waals surface area contributed by atoms with Crippen molar-refractivity contribution >= 4 is 73.7 Å². The van der Waals surface area contributed by atoms with Gasteiger partial charge in [-0.3, -0.25) is 15.0 Å². The number of hydrazine groups is 1. The first-order valence-electron chi connectivity index (χ1n) is 10.7. The molecule has 0 radical (unpaired) electrons. The number of carbonyl (C=O) groups is 2. The van der Waals surface area contributed by atoms with Gasteiger partial charge in [-0.15, -0.1) is 0 Å². The van der Waals surface area contributed by atoms with Gasteiger partial charge in [-0.05, 0) is 88.7 Å². The van der Waals surface area contributed by atoms with E-state index in [1.165, 1.54) is 0 Å². The van der Waals surface area contributed by atoms with E-state index in [0.29, 0.717) is 43.6 Å². The van der Waals surface area contributed by atoms with Gasteiger partial charge in [0.2, 0.25) is 0 Å². The minimum absolute atomic E-state index is 0.237. The number of rotatable bonds is 7. The van der Waals surface area contributed by atoms with Crippen molar-refractivity contribution in [3.8, 4) is 11.5 Å². The highest BCUT2D eigenvalue weighted by Crippen LogP contribution is 2.39. The molecule has 0 spiro atoms. The lowest BCUT2D eigenvalue weighted by Gasteiger charge is -2.15. The Morgan fingerprint density at radius 2 is 1.86 bits per heavy atom. The van der Waals surface area contributed by atoms with Crippen LogP contribution in [0.15, 0.2) is 70.0 Å². The number of ether oxygens (including phenoxy) is 2. The topological polar surface area (TPSA) is 67.9 Å². The molecule has 1 aliphatic heterocycles. The van der Waals surface area contributed by atoms with E-state index in [4.69, 9.17) is 33.3 Å². The molecule has 1 aliphatic rings. The summed E-state index contributed by atoms with van der Waals surface area (Å²) in [6.45, 7) is 2.25. The highest BCUT2D eigenvalue weighted by Gasteiger charge is 2.34. The highest BCUT2D eigenvalue weighted by molar-refractivity contribution is 9.10. The van der Waals surface area contributed by atoms with Crippen LogP contribution in [0.1, 0.15) is 27.0 Å². The third-order valence-electron chi connectivity index (χ3n) is 5.17. The van der Waals surface area contributed by atoms with Gasteiger partial charge in [0.15, 0.2) is 15.8 Å². The number of hydrogen-bond donors (Lipinski definition) is 1. The van der Waals surface area contributed by atoms with E-state index < -0.39 is 11.8 Å². The van der Waals surface area contributed by atoms with Crippen molar-refractivity contribution < 1.29 is 19.1 Å². The number of thiocarbonyl (C=S) groups is 1. The molecule has 3 aromatic rings. The number of nitrogens with one attached hydrogen (secondary N) is 1. The van der Waals surface area contributed by atoms with Crippen molar-refractivity contribution in [1.29, 1.82) is 0 Å². The fourth-order valence-electron chi connectivity index (χ4n) is 3.29. The molecule has 1 fully saturated rings. The number of amides is 2. The maximum atomic E-state index is 13.0. The van der Waals surface area contributed by atoms with Crippen molar-refractivity contribution in [1.82, 2.24) is 10.4 Å². The third kappa shape index (κ3) is 6.10. The van der Waals surface area contributed by atoms with Crippen LogP contribution in [0.3, 0.4) is 0 Å². The van der Waals surface area contributed by atoms with Gasteiger partial charge in [-0.1, -0.05) is 53.2 Å². The first kappa shape index (κ1) is 26.2. The maximum Gasteiger partial charge on any atom is 0.285 e. The fourth-order valence-corrected chi connectivity index (χ4v) is 5.17. The standard InChI is InChI=1S/C26H20BrClN2O4S2/c1-15-3-7-18(8-4-15)24(31)29-30-25(32)22(36-26(30)35)13-17-11-20(27)23(21(12-17)33-2)34-14-16-5-9-19(28)10-6-16/h3-13H,14H2,1-2H3,(H,29,31)/b22-13-. The van der Waals surface area contributed by atoms with Gasteiger partial charge in [0.05, 0.1) is 16.5 Å². The Labute approximate surface area is 231 Å². The minimum Gasteiger partial charge on any atom is -0.493 e. The minimum atomic E-state index is -0.417. The molecule has 0 aromatic heterocycles. The number of benzene rings is 3. The van der Waals surface area contributed by atoms with Gasteiger partial charge in [-0.25, -0.2) is 0 Å². The summed E-state index contributed by atoms with van der Waals surface area (Å²) in [5.41, 5.74) is 5.70. The largest absolute Gasteiger partial charge is 0.493 e. The first-order valence-corrected chi connectivity index (χ1v) is 13.0. The second kappa shape index (κ2) is 11.5. The normalized spacial score (nSPS) is 14.3. The maximum absolute atomic E-state index is 13.0. The molecule has 0 unspecified atom stereocenters.